The van der Waals surface area contributed by atoms with E-state index in [2.05, 4.69) is 30.5 Å². The molecule has 1 aromatic carbocycles. The number of hydrogen-bond acceptors (Lipinski definition) is 6. The van der Waals surface area contributed by atoms with Crippen LogP contribution in [0.15, 0.2) is 47.1 Å². The van der Waals surface area contributed by atoms with Gasteiger partial charge in [-0.25, -0.2) is 0 Å². The van der Waals surface area contributed by atoms with Crippen molar-refractivity contribution in [2.24, 2.45) is 33.7 Å². The van der Waals surface area contributed by atoms with Crippen LogP contribution in [0.2, 0.25) is 0 Å². The van der Waals surface area contributed by atoms with E-state index in [9.17, 15) is 15.0 Å². The molecule has 6 nitrogen and oxygen atoms in total. The Kier molecular flexibility index (Phi) is 6.12. The zero-order chi connectivity index (χ0) is 25.0. The molecular weight excluding hydrogens is 440 g/mol. The van der Waals surface area contributed by atoms with Crippen LogP contribution in [-0.4, -0.2) is 39.7 Å². The first-order chi connectivity index (χ1) is 16.6. The monoisotopic (exact) mass is 480 g/mol. The van der Waals surface area contributed by atoms with Gasteiger partial charge in [0.25, 0.3) is 0 Å². The fourth-order valence-electron chi connectivity index (χ4n) is 8.37. The van der Waals surface area contributed by atoms with Crippen molar-refractivity contribution in [2.75, 3.05) is 5.43 Å². The first kappa shape index (κ1) is 24.5. The van der Waals surface area contributed by atoms with Crippen LogP contribution >= 0.6 is 0 Å². The maximum absolute atomic E-state index is 12.4. The fraction of sp³-hybridized carbons (Fsp3) is 0.655. The summed E-state index contributed by atoms with van der Waals surface area (Å²) in [5, 5.41) is 27.3. The third kappa shape index (κ3) is 3.75. The van der Waals surface area contributed by atoms with Gasteiger partial charge >= 0.3 is 5.97 Å². The third-order valence-electron chi connectivity index (χ3n) is 10.3. The Morgan fingerprint density at radius 3 is 2.57 bits per heavy atom. The Hall–Kier alpha value is -2.18. The molecule has 35 heavy (non-hydrogen) atoms. The number of nitrogens with zero attached hydrogens (tertiary/aromatic N) is 1. The molecular formula is C29H40N2O4. The summed E-state index contributed by atoms with van der Waals surface area (Å²) in [6, 6.07) is 9.69. The zero-order valence-electron chi connectivity index (χ0n) is 21.5. The van der Waals surface area contributed by atoms with Crippen molar-refractivity contribution in [1.29, 1.82) is 0 Å². The number of ether oxygens (including phenoxy) is 1. The van der Waals surface area contributed by atoms with E-state index in [4.69, 9.17) is 4.74 Å². The van der Waals surface area contributed by atoms with Crippen molar-refractivity contribution in [2.45, 2.75) is 90.4 Å². The molecule has 3 fully saturated rings. The highest BCUT2D eigenvalue weighted by atomic mass is 16.6. The summed E-state index contributed by atoms with van der Waals surface area (Å²) in [6.07, 6.45) is 7.69. The molecule has 190 valence electrons. The Balaban J connectivity index is 1.50. The molecule has 0 spiro atoms. The fourth-order valence-corrected chi connectivity index (χ4v) is 8.37. The van der Waals surface area contributed by atoms with Crippen LogP contribution < -0.4 is 5.43 Å². The van der Waals surface area contributed by atoms with Gasteiger partial charge in [-0.3, -0.25) is 10.2 Å². The minimum absolute atomic E-state index is 0.110. The largest absolute Gasteiger partial charge is 0.459 e. The molecule has 0 unspecified atom stereocenters. The SMILES string of the molecule is CC(=O)O[C@@H]1C[C@H]2[C@@H]3CC=C4C[C@@H](O)CC[C@]4(C)[C@H]3CC[C@]2(C)[C@@]1(O)/C(C)=N\Nc1ccccc1. The molecule has 0 saturated heterocycles. The second-order valence-corrected chi connectivity index (χ2v) is 11.9. The number of para-hydroxylation sites is 1. The normalized spacial score (nSPS) is 42.9. The lowest BCUT2D eigenvalue weighted by Crippen LogP contribution is -2.60. The van der Waals surface area contributed by atoms with Gasteiger partial charge in [0.1, 0.15) is 11.7 Å². The molecule has 3 saturated carbocycles. The maximum atomic E-state index is 12.4. The Morgan fingerprint density at radius 1 is 1.11 bits per heavy atom. The predicted octanol–water partition coefficient (Wildman–Crippen LogP) is 5.07. The van der Waals surface area contributed by atoms with Crippen molar-refractivity contribution < 1.29 is 19.7 Å². The van der Waals surface area contributed by atoms with E-state index in [1.165, 1.54) is 12.5 Å². The van der Waals surface area contributed by atoms with Gasteiger partial charge in [-0.1, -0.05) is 43.7 Å². The van der Waals surface area contributed by atoms with Gasteiger partial charge in [0.05, 0.1) is 17.5 Å². The average Bonchev–Trinajstić information content (AvgIpc) is 3.06. The number of fused-ring (bicyclic) bond motifs is 5. The highest BCUT2D eigenvalue weighted by Crippen LogP contribution is 2.67. The van der Waals surface area contributed by atoms with E-state index < -0.39 is 17.1 Å². The quantitative estimate of drug-likeness (QED) is 0.242. The number of hydrogen-bond donors (Lipinski definition) is 3. The summed E-state index contributed by atoms with van der Waals surface area (Å²) in [7, 11) is 0. The highest BCUT2D eigenvalue weighted by molar-refractivity contribution is 5.93. The minimum atomic E-state index is -1.34. The van der Waals surface area contributed by atoms with Gasteiger partial charge in [-0.05, 0) is 87.2 Å². The minimum Gasteiger partial charge on any atom is -0.459 e. The van der Waals surface area contributed by atoms with Crippen molar-refractivity contribution in [3.63, 3.8) is 0 Å². The lowest BCUT2D eigenvalue weighted by Gasteiger charge is -2.58. The molecule has 3 N–H and O–H groups in total. The number of benzene rings is 1. The summed E-state index contributed by atoms with van der Waals surface area (Å²) in [6.45, 7) is 7.86. The van der Waals surface area contributed by atoms with Gasteiger partial charge in [0.15, 0.2) is 0 Å². The number of anilines is 1. The maximum Gasteiger partial charge on any atom is 0.303 e. The number of aliphatic hydroxyl groups excluding tert-OH is 1. The summed E-state index contributed by atoms with van der Waals surface area (Å²) in [5.74, 6) is 0.793. The summed E-state index contributed by atoms with van der Waals surface area (Å²) < 4.78 is 5.84. The van der Waals surface area contributed by atoms with E-state index in [1.807, 2.05) is 37.3 Å². The molecule has 0 bridgehead atoms. The second-order valence-electron chi connectivity index (χ2n) is 11.9. The molecule has 0 aromatic heterocycles. The van der Waals surface area contributed by atoms with Crippen molar-refractivity contribution in [3.05, 3.63) is 42.0 Å². The molecule has 5 rings (SSSR count). The van der Waals surface area contributed by atoms with Gasteiger partial charge in [-0.15, -0.1) is 0 Å². The molecule has 4 aliphatic rings. The van der Waals surface area contributed by atoms with Gasteiger partial charge in [-0.2, -0.15) is 5.10 Å². The van der Waals surface area contributed by atoms with Crippen LogP contribution in [0.4, 0.5) is 5.69 Å². The number of carbonyl (C=O) groups excluding carboxylic acids is 1. The topological polar surface area (TPSA) is 91.2 Å². The van der Waals surface area contributed by atoms with Crippen LogP contribution in [0.5, 0.6) is 0 Å². The van der Waals surface area contributed by atoms with Crippen molar-refractivity contribution in [3.8, 4) is 0 Å². The highest BCUT2D eigenvalue weighted by Gasteiger charge is 2.69. The molecule has 0 heterocycles. The van der Waals surface area contributed by atoms with Crippen LogP contribution in [0.25, 0.3) is 0 Å². The number of hydrazone groups is 1. The van der Waals surface area contributed by atoms with Gasteiger partial charge in [0, 0.05) is 12.3 Å². The molecule has 6 heteroatoms. The van der Waals surface area contributed by atoms with Crippen molar-refractivity contribution in [1.82, 2.24) is 0 Å². The van der Waals surface area contributed by atoms with Gasteiger partial charge in [0.2, 0.25) is 0 Å². The molecule has 1 aromatic rings. The predicted molar refractivity (Wildman–Crippen MR) is 137 cm³/mol. The zero-order valence-corrected chi connectivity index (χ0v) is 21.5. The van der Waals surface area contributed by atoms with E-state index in [0.29, 0.717) is 24.0 Å². The Labute approximate surface area is 208 Å². The van der Waals surface area contributed by atoms with Crippen LogP contribution in [-0.2, 0) is 9.53 Å². The van der Waals surface area contributed by atoms with Crippen LogP contribution in [0, 0.1) is 28.6 Å². The average molecular weight is 481 g/mol. The van der Waals surface area contributed by atoms with Crippen molar-refractivity contribution >= 4 is 17.4 Å². The van der Waals surface area contributed by atoms with Crippen LogP contribution in [0.1, 0.15) is 72.6 Å². The van der Waals surface area contributed by atoms with E-state index in [0.717, 1.165) is 44.2 Å². The number of allylic oxidation sites excluding steroid dienone is 1. The molecule has 0 radical (unpaired) electrons. The Morgan fingerprint density at radius 2 is 1.86 bits per heavy atom. The standard InChI is InChI=1S/C29H40N2O4/c1-18(30-31-21-8-6-5-7-9-21)29(34)26(35-19(2)32)17-25-23-11-10-20-16-22(33)12-14-27(20,3)24(23)13-15-28(25,29)4/h5-10,22-26,31,33-34H,11-17H2,1-4H3/b30-18-/t22-,23+,24-,25-,26+,27-,28-,29+/m0/s1. The first-order valence-electron chi connectivity index (χ1n) is 13.2. The number of carbonyl (C=O) groups is 1. The molecule has 0 amide bonds. The molecule has 0 aliphatic heterocycles. The number of aliphatic hydroxyl groups is 2. The Bertz CT molecular complexity index is 1040. The smallest absolute Gasteiger partial charge is 0.303 e. The van der Waals surface area contributed by atoms with E-state index in [1.54, 1.807) is 0 Å². The number of nitrogens with one attached hydrogen (secondary N) is 1. The lowest BCUT2D eigenvalue weighted by molar-refractivity contribution is -0.161. The summed E-state index contributed by atoms with van der Waals surface area (Å²) >= 11 is 0. The van der Waals surface area contributed by atoms with Gasteiger partial charge < -0.3 is 14.9 Å². The van der Waals surface area contributed by atoms with Crippen LogP contribution in [0.3, 0.4) is 0 Å². The number of esters is 1. The molecule has 8 atom stereocenters. The lowest BCUT2D eigenvalue weighted by atomic mass is 9.46. The second kappa shape index (κ2) is 8.74. The van der Waals surface area contributed by atoms with E-state index in [-0.39, 0.29) is 23.4 Å². The summed E-state index contributed by atoms with van der Waals surface area (Å²) in [5.41, 5.74) is 4.25. The third-order valence-corrected chi connectivity index (χ3v) is 10.3. The summed E-state index contributed by atoms with van der Waals surface area (Å²) in [4.78, 5) is 12.1. The number of rotatable bonds is 4. The van der Waals surface area contributed by atoms with E-state index >= 15 is 0 Å². The molecule has 4 aliphatic carbocycles. The first-order valence-corrected chi connectivity index (χ1v) is 13.2.